The van der Waals surface area contributed by atoms with E-state index in [1.165, 1.54) is 4.68 Å². The molecular formula is C20H20F2N4O2. The number of hydrogen-bond acceptors (Lipinski definition) is 5. The van der Waals surface area contributed by atoms with Crippen LogP contribution in [-0.2, 0) is 0 Å². The molecule has 0 aliphatic heterocycles. The maximum Gasteiger partial charge on any atom is 0.277 e. The van der Waals surface area contributed by atoms with Crippen LogP contribution in [0.25, 0.3) is 5.82 Å². The summed E-state index contributed by atoms with van der Waals surface area (Å²) in [6, 6.07) is 3.02. The zero-order chi connectivity index (χ0) is 19.8. The zero-order valence-electron chi connectivity index (χ0n) is 15.8. The fourth-order valence-electron chi connectivity index (χ4n) is 2.80. The van der Waals surface area contributed by atoms with Crippen LogP contribution in [0.15, 0.2) is 30.6 Å². The number of hydrogen-bond donors (Lipinski definition) is 0. The first kappa shape index (κ1) is 18.3. The van der Waals surface area contributed by atoms with Crippen LogP contribution in [0.4, 0.5) is 8.78 Å². The average molecular weight is 386 g/mol. The number of rotatable bonds is 6. The fourth-order valence-corrected chi connectivity index (χ4v) is 2.80. The Morgan fingerprint density at radius 1 is 1.14 bits per heavy atom. The Balaban J connectivity index is 1.72. The van der Waals surface area contributed by atoms with Gasteiger partial charge in [0.2, 0.25) is 5.75 Å². The highest BCUT2D eigenvalue weighted by molar-refractivity contribution is 5.45. The molecule has 28 heavy (non-hydrogen) atoms. The van der Waals surface area contributed by atoms with Gasteiger partial charge in [-0.3, -0.25) is 4.98 Å². The van der Waals surface area contributed by atoms with Gasteiger partial charge in [-0.2, -0.15) is 0 Å². The summed E-state index contributed by atoms with van der Waals surface area (Å²) in [5.74, 6) is -0.172. The summed E-state index contributed by atoms with van der Waals surface area (Å²) >= 11 is 0. The molecule has 6 nitrogen and oxygen atoms in total. The monoisotopic (exact) mass is 386 g/mol. The van der Waals surface area contributed by atoms with Crippen LogP contribution in [0.5, 0.6) is 17.4 Å². The summed E-state index contributed by atoms with van der Waals surface area (Å²) in [6.07, 6.45) is 5.46. The summed E-state index contributed by atoms with van der Waals surface area (Å²) < 4.78 is 40.5. The van der Waals surface area contributed by atoms with Gasteiger partial charge < -0.3 is 9.47 Å². The lowest BCUT2D eigenvalue weighted by Crippen LogP contribution is -2.07. The second-order valence-electron chi connectivity index (χ2n) is 7.05. The predicted octanol–water partition coefficient (Wildman–Crippen LogP) is 4.71. The third kappa shape index (κ3) is 3.67. The molecule has 0 spiro atoms. The van der Waals surface area contributed by atoms with Gasteiger partial charge in [0.05, 0.1) is 29.9 Å². The zero-order valence-corrected chi connectivity index (χ0v) is 15.8. The van der Waals surface area contributed by atoms with E-state index in [1.54, 1.807) is 19.3 Å². The van der Waals surface area contributed by atoms with E-state index in [0.717, 1.165) is 36.7 Å². The Morgan fingerprint density at radius 2 is 1.93 bits per heavy atom. The quantitative estimate of drug-likeness (QED) is 0.614. The molecule has 8 heteroatoms. The number of nitrogens with zero attached hydrogens (tertiary/aromatic N) is 4. The van der Waals surface area contributed by atoms with Crippen molar-refractivity contribution in [3.05, 3.63) is 53.6 Å². The van der Waals surface area contributed by atoms with Gasteiger partial charge >= 0.3 is 0 Å². The van der Waals surface area contributed by atoms with E-state index in [9.17, 15) is 8.78 Å². The molecule has 3 aromatic rings. The summed E-state index contributed by atoms with van der Waals surface area (Å²) in [7, 11) is 0. The normalized spacial score (nSPS) is 13.8. The topological polar surface area (TPSA) is 62.1 Å². The fraction of sp³-hybridized carbons (Fsp3) is 0.350. The van der Waals surface area contributed by atoms with Crippen LogP contribution in [0, 0.1) is 18.6 Å². The van der Waals surface area contributed by atoms with Gasteiger partial charge in [0.15, 0.2) is 17.4 Å². The van der Waals surface area contributed by atoms with E-state index in [4.69, 9.17) is 9.47 Å². The number of aromatic nitrogens is 4. The predicted molar refractivity (Wildman–Crippen MR) is 98.1 cm³/mol. The summed E-state index contributed by atoms with van der Waals surface area (Å²) in [6.45, 7) is 5.42. The molecule has 2 heterocycles. The van der Waals surface area contributed by atoms with Crippen LogP contribution in [0.1, 0.15) is 44.0 Å². The van der Waals surface area contributed by atoms with Crippen molar-refractivity contribution in [1.29, 1.82) is 0 Å². The van der Waals surface area contributed by atoms with Crippen molar-refractivity contribution in [2.45, 2.75) is 45.6 Å². The van der Waals surface area contributed by atoms with Crippen molar-refractivity contribution in [3.63, 3.8) is 0 Å². The molecule has 0 saturated heterocycles. The third-order valence-electron chi connectivity index (χ3n) is 4.35. The number of ether oxygens (including phenoxy) is 2. The molecule has 1 aromatic carbocycles. The Kier molecular flexibility index (Phi) is 4.70. The SMILES string of the molecule is Cc1c(Oc2cc(F)ccc2F)c(OC(C)C)nn1-c1cnc(C2CC2)cn1. The van der Waals surface area contributed by atoms with Crippen molar-refractivity contribution in [1.82, 2.24) is 19.7 Å². The van der Waals surface area contributed by atoms with Crippen LogP contribution in [-0.4, -0.2) is 25.9 Å². The first-order valence-corrected chi connectivity index (χ1v) is 9.14. The average Bonchev–Trinajstić information content (AvgIpc) is 3.46. The minimum atomic E-state index is -0.683. The molecule has 1 saturated carbocycles. The molecule has 0 bridgehead atoms. The van der Waals surface area contributed by atoms with Crippen molar-refractivity contribution in [2.75, 3.05) is 0 Å². The number of benzene rings is 1. The molecule has 1 fully saturated rings. The first-order chi connectivity index (χ1) is 13.4. The molecule has 2 aromatic heterocycles. The Morgan fingerprint density at radius 3 is 2.57 bits per heavy atom. The Labute approximate surface area is 161 Å². The van der Waals surface area contributed by atoms with Crippen molar-refractivity contribution in [2.24, 2.45) is 0 Å². The smallest absolute Gasteiger partial charge is 0.277 e. The maximum absolute atomic E-state index is 14.1. The van der Waals surface area contributed by atoms with E-state index in [1.807, 2.05) is 13.8 Å². The van der Waals surface area contributed by atoms with Crippen LogP contribution < -0.4 is 9.47 Å². The lowest BCUT2D eigenvalue weighted by molar-refractivity contribution is 0.222. The molecule has 0 atom stereocenters. The molecule has 1 aliphatic rings. The van der Waals surface area contributed by atoms with Crippen molar-refractivity contribution < 1.29 is 18.3 Å². The molecule has 0 unspecified atom stereocenters. The molecule has 0 radical (unpaired) electrons. The molecular weight excluding hydrogens is 366 g/mol. The van der Waals surface area contributed by atoms with Gasteiger partial charge in [-0.25, -0.2) is 18.4 Å². The highest BCUT2D eigenvalue weighted by Gasteiger charge is 2.26. The minimum absolute atomic E-state index is 0.171. The van der Waals surface area contributed by atoms with Gasteiger partial charge in [0, 0.05) is 12.0 Å². The van der Waals surface area contributed by atoms with E-state index < -0.39 is 11.6 Å². The van der Waals surface area contributed by atoms with Gasteiger partial charge in [-0.15, -0.1) is 5.10 Å². The standard InChI is InChI=1S/C20H20F2N4O2/c1-11(2)27-20-19(28-17-8-14(21)6-7-15(17)22)12(3)26(25-20)18-10-23-16(9-24-18)13-4-5-13/h6-11,13H,4-5H2,1-3H3. The lowest BCUT2D eigenvalue weighted by atomic mass is 10.3. The van der Waals surface area contributed by atoms with E-state index in [2.05, 4.69) is 15.1 Å². The maximum atomic E-state index is 14.1. The second kappa shape index (κ2) is 7.18. The van der Waals surface area contributed by atoms with Gasteiger partial charge in [-0.1, -0.05) is 0 Å². The van der Waals surface area contributed by atoms with Gasteiger partial charge in [0.1, 0.15) is 5.82 Å². The van der Waals surface area contributed by atoms with Crippen LogP contribution >= 0.6 is 0 Å². The van der Waals surface area contributed by atoms with Gasteiger partial charge in [0.25, 0.3) is 5.88 Å². The third-order valence-corrected chi connectivity index (χ3v) is 4.35. The first-order valence-electron chi connectivity index (χ1n) is 9.14. The Hall–Kier alpha value is -3.03. The van der Waals surface area contributed by atoms with E-state index in [-0.39, 0.29) is 23.5 Å². The summed E-state index contributed by atoms with van der Waals surface area (Å²) in [4.78, 5) is 8.89. The second-order valence-corrected chi connectivity index (χ2v) is 7.05. The largest absolute Gasteiger partial charge is 0.471 e. The number of halogens is 2. The minimum Gasteiger partial charge on any atom is -0.471 e. The van der Waals surface area contributed by atoms with Crippen molar-refractivity contribution >= 4 is 0 Å². The lowest BCUT2D eigenvalue weighted by Gasteiger charge is -2.10. The molecule has 4 rings (SSSR count). The summed E-state index contributed by atoms with van der Waals surface area (Å²) in [5.41, 5.74) is 1.50. The Bertz CT molecular complexity index is 998. The molecule has 146 valence electrons. The highest BCUT2D eigenvalue weighted by Crippen LogP contribution is 2.39. The van der Waals surface area contributed by atoms with Crippen LogP contribution in [0.2, 0.25) is 0 Å². The highest BCUT2D eigenvalue weighted by atomic mass is 19.1. The van der Waals surface area contributed by atoms with E-state index >= 15 is 0 Å². The van der Waals surface area contributed by atoms with Gasteiger partial charge in [-0.05, 0) is 45.7 Å². The molecule has 1 aliphatic carbocycles. The van der Waals surface area contributed by atoms with Crippen LogP contribution in [0.3, 0.4) is 0 Å². The van der Waals surface area contributed by atoms with E-state index in [0.29, 0.717) is 17.4 Å². The summed E-state index contributed by atoms with van der Waals surface area (Å²) in [5, 5.41) is 4.41. The molecule has 0 N–H and O–H groups in total. The van der Waals surface area contributed by atoms with Crippen molar-refractivity contribution in [3.8, 4) is 23.2 Å². The molecule has 0 amide bonds.